The van der Waals surface area contributed by atoms with Gasteiger partial charge in [-0.05, 0) is 18.9 Å². The topological polar surface area (TPSA) is 23.5 Å². The predicted octanol–water partition coefficient (Wildman–Crippen LogP) is 0.709. The Hall–Kier alpha value is -0.0800. The lowest BCUT2D eigenvalue weighted by atomic mass is 9.98. The average molecular weight is 143 g/mol. The highest BCUT2D eigenvalue weighted by Gasteiger charge is 2.21. The summed E-state index contributed by atoms with van der Waals surface area (Å²) >= 11 is 0. The van der Waals surface area contributed by atoms with Crippen LogP contribution in [0.2, 0.25) is 0 Å². The first kappa shape index (κ1) is 8.02. The molecule has 1 rings (SSSR count). The molecule has 1 N–H and O–H groups in total. The Balaban J connectivity index is 2.35. The summed E-state index contributed by atoms with van der Waals surface area (Å²) in [5.74, 6) is 0.670. The molecule has 2 heteroatoms. The van der Waals surface area contributed by atoms with Crippen LogP contribution in [0.3, 0.4) is 0 Å². The van der Waals surface area contributed by atoms with Crippen LogP contribution in [0.4, 0.5) is 0 Å². The van der Waals surface area contributed by atoms with Crippen molar-refractivity contribution >= 4 is 0 Å². The van der Waals surface area contributed by atoms with Gasteiger partial charge in [0.15, 0.2) is 0 Å². The van der Waals surface area contributed by atoms with Gasteiger partial charge in [-0.25, -0.2) is 0 Å². The molecule has 0 bridgehead atoms. The van der Waals surface area contributed by atoms with Gasteiger partial charge in [0, 0.05) is 13.1 Å². The van der Waals surface area contributed by atoms with Gasteiger partial charge in [-0.3, -0.25) is 0 Å². The van der Waals surface area contributed by atoms with Gasteiger partial charge in [-0.15, -0.1) is 0 Å². The predicted molar refractivity (Wildman–Crippen MR) is 41.9 cm³/mol. The quantitative estimate of drug-likeness (QED) is 0.584. The van der Waals surface area contributed by atoms with Crippen molar-refractivity contribution in [1.29, 1.82) is 0 Å². The minimum Gasteiger partial charge on any atom is -0.392 e. The van der Waals surface area contributed by atoms with E-state index in [2.05, 4.69) is 18.7 Å². The van der Waals surface area contributed by atoms with Crippen molar-refractivity contribution in [3.63, 3.8) is 0 Å². The molecule has 2 atom stereocenters. The van der Waals surface area contributed by atoms with Crippen molar-refractivity contribution in [3.05, 3.63) is 0 Å². The lowest BCUT2D eigenvalue weighted by Crippen LogP contribution is -2.41. The molecule has 0 aromatic heterocycles. The Kier molecular flexibility index (Phi) is 2.69. The van der Waals surface area contributed by atoms with Crippen molar-refractivity contribution in [2.75, 3.05) is 19.6 Å². The summed E-state index contributed by atoms with van der Waals surface area (Å²) in [4.78, 5) is 2.30. The van der Waals surface area contributed by atoms with Gasteiger partial charge < -0.3 is 10.0 Å². The van der Waals surface area contributed by atoms with E-state index in [1.54, 1.807) is 0 Å². The third-order valence-corrected chi connectivity index (χ3v) is 2.16. The van der Waals surface area contributed by atoms with Crippen molar-refractivity contribution < 1.29 is 5.11 Å². The fourth-order valence-electron chi connectivity index (χ4n) is 1.69. The summed E-state index contributed by atoms with van der Waals surface area (Å²) < 4.78 is 0. The summed E-state index contributed by atoms with van der Waals surface area (Å²) in [5.41, 5.74) is 0. The van der Waals surface area contributed by atoms with E-state index in [-0.39, 0.29) is 6.10 Å². The van der Waals surface area contributed by atoms with E-state index in [1.165, 1.54) is 0 Å². The number of β-amino-alcohol motifs (C(OH)–C–C–N with tert-alkyl or cyclic N) is 1. The average Bonchev–Trinajstić information content (AvgIpc) is 1.85. The molecule has 1 aliphatic rings. The lowest BCUT2D eigenvalue weighted by Gasteiger charge is -2.33. The number of aliphatic hydroxyl groups is 1. The Morgan fingerprint density at radius 1 is 1.50 bits per heavy atom. The molecule has 1 heterocycles. The molecule has 10 heavy (non-hydrogen) atoms. The molecule has 60 valence electrons. The highest BCUT2D eigenvalue weighted by atomic mass is 16.3. The number of hydrogen-bond acceptors (Lipinski definition) is 2. The van der Waals surface area contributed by atoms with Gasteiger partial charge in [0.2, 0.25) is 0 Å². The zero-order valence-corrected chi connectivity index (χ0v) is 6.88. The Morgan fingerprint density at radius 2 is 2.20 bits per heavy atom. The molecule has 0 spiro atoms. The summed E-state index contributed by atoms with van der Waals surface area (Å²) in [6, 6.07) is 0. The number of likely N-dealkylation sites (N-methyl/N-ethyl adjacent to an activating group) is 1. The normalized spacial score (nSPS) is 36.3. The van der Waals surface area contributed by atoms with Gasteiger partial charge in [-0.2, -0.15) is 0 Å². The van der Waals surface area contributed by atoms with Crippen LogP contribution < -0.4 is 0 Å². The molecule has 0 amide bonds. The highest BCUT2D eigenvalue weighted by molar-refractivity contribution is 4.75. The fourth-order valence-corrected chi connectivity index (χ4v) is 1.69. The maximum Gasteiger partial charge on any atom is 0.0670 e. The second kappa shape index (κ2) is 3.35. The minimum absolute atomic E-state index is 0.0799. The van der Waals surface area contributed by atoms with Crippen LogP contribution in [0, 0.1) is 5.92 Å². The molecule has 0 aromatic rings. The zero-order valence-electron chi connectivity index (χ0n) is 6.88. The summed E-state index contributed by atoms with van der Waals surface area (Å²) in [6.45, 7) is 7.45. The van der Waals surface area contributed by atoms with E-state index in [1.807, 2.05) is 0 Å². The first-order valence-electron chi connectivity index (χ1n) is 4.12. The van der Waals surface area contributed by atoms with Gasteiger partial charge in [-0.1, -0.05) is 13.8 Å². The maximum atomic E-state index is 9.34. The van der Waals surface area contributed by atoms with E-state index >= 15 is 0 Å². The lowest BCUT2D eigenvalue weighted by molar-refractivity contribution is 0.0476. The van der Waals surface area contributed by atoms with Gasteiger partial charge in [0.25, 0.3) is 0 Å². The maximum absolute atomic E-state index is 9.34. The fraction of sp³-hybridized carbons (Fsp3) is 1.00. The van der Waals surface area contributed by atoms with Crippen molar-refractivity contribution in [3.8, 4) is 0 Å². The van der Waals surface area contributed by atoms with Gasteiger partial charge in [0.05, 0.1) is 6.10 Å². The molecule has 1 fully saturated rings. The molecule has 0 aliphatic carbocycles. The summed E-state index contributed by atoms with van der Waals surface area (Å²) in [7, 11) is 0. The molecular formula is C8H17NO. The van der Waals surface area contributed by atoms with E-state index in [4.69, 9.17) is 0 Å². The van der Waals surface area contributed by atoms with E-state index < -0.39 is 0 Å². The summed E-state index contributed by atoms with van der Waals surface area (Å²) in [5, 5.41) is 9.34. The van der Waals surface area contributed by atoms with Gasteiger partial charge in [0.1, 0.15) is 0 Å². The standard InChI is InChI=1S/C8H17NO/c1-3-9-5-7(2)4-8(10)6-9/h7-8,10H,3-6H2,1-2H3/t7-,8-/m0/s1. The number of rotatable bonds is 1. The number of hydrogen-bond donors (Lipinski definition) is 1. The molecule has 1 aliphatic heterocycles. The van der Waals surface area contributed by atoms with Crippen molar-refractivity contribution in [2.45, 2.75) is 26.4 Å². The number of piperidine rings is 1. The minimum atomic E-state index is -0.0799. The molecule has 0 aromatic carbocycles. The highest BCUT2D eigenvalue weighted by Crippen LogP contribution is 2.15. The SMILES string of the molecule is CCN1C[C@@H](C)C[C@H](O)C1. The third-order valence-electron chi connectivity index (χ3n) is 2.16. The van der Waals surface area contributed by atoms with E-state index in [9.17, 15) is 5.11 Å². The first-order chi connectivity index (χ1) is 4.72. The van der Waals surface area contributed by atoms with Crippen molar-refractivity contribution in [2.24, 2.45) is 5.92 Å². The second-order valence-corrected chi connectivity index (χ2v) is 3.35. The van der Waals surface area contributed by atoms with Crippen LogP contribution in [0.15, 0.2) is 0 Å². The number of nitrogens with zero attached hydrogens (tertiary/aromatic N) is 1. The molecule has 0 saturated carbocycles. The first-order valence-corrected chi connectivity index (χ1v) is 4.12. The molecule has 1 saturated heterocycles. The van der Waals surface area contributed by atoms with E-state index in [0.717, 1.165) is 26.1 Å². The molecule has 2 nitrogen and oxygen atoms in total. The van der Waals surface area contributed by atoms with Crippen LogP contribution in [0.5, 0.6) is 0 Å². The second-order valence-electron chi connectivity index (χ2n) is 3.35. The smallest absolute Gasteiger partial charge is 0.0670 e. The van der Waals surface area contributed by atoms with Crippen LogP contribution in [-0.4, -0.2) is 35.7 Å². The Labute approximate surface area is 62.8 Å². The largest absolute Gasteiger partial charge is 0.392 e. The molecular weight excluding hydrogens is 126 g/mol. The van der Waals surface area contributed by atoms with Crippen LogP contribution >= 0.6 is 0 Å². The number of likely N-dealkylation sites (tertiary alicyclic amines) is 1. The molecule has 0 unspecified atom stereocenters. The third kappa shape index (κ3) is 1.96. The summed E-state index contributed by atoms with van der Waals surface area (Å²) in [6.07, 6.45) is 0.903. The van der Waals surface area contributed by atoms with Gasteiger partial charge >= 0.3 is 0 Å². The Morgan fingerprint density at radius 3 is 2.70 bits per heavy atom. The zero-order chi connectivity index (χ0) is 7.56. The van der Waals surface area contributed by atoms with E-state index in [0.29, 0.717) is 5.92 Å². The molecule has 0 radical (unpaired) electrons. The van der Waals surface area contributed by atoms with Crippen LogP contribution in [0.25, 0.3) is 0 Å². The van der Waals surface area contributed by atoms with Crippen LogP contribution in [-0.2, 0) is 0 Å². The Bertz CT molecular complexity index is 95.4. The van der Waals surface area contributed by atoms with Crippen molar-refractivity contribution in [1.82, 2.24) is 4.90 Å². The van der Waals surface area contributed by atoms with Crippen LogP contribution in [0.1, 0.15) is 20.3 Å². The number of aliphatic hydroxyl groups excluding tert-OH is 1. The monoisotopic (exact) mass is 143 g/mol.